The smallest absolute Gasteiger partial charge is 0.244 e. The molecule has 1 aromatic rings. The predicted molar refractivity (Wildman–Crippen MR) is 77.0 cm³/mol. The SMILES string of the molecule is CC(C)Oc1cccc(/C=C/C(=O)NC2CC2C)c1. The molecule has 1 amide bonds. The van der Waals surface area contributed by atoms with Gasteiger partial charge in [-0.15, -0.1) is 0 Å². The summed E-state index contributed by atoms with van der Waals surface area (Å²) < 4.78 is 5.62. The number of carbonyl (C=O) groups is 1. The van der Waals surface area contributed by atoms with Crippen LogP contribution in [0, 0.1) is 5.92 Å². The van der Waals surface area contributed by atoms with E-state index in [4.69, 9.17) is 4.74 Å². The van der Waals surface area contributed by atoms with Crippen molar-refractivity contribution in [2.24, 2.45) is 5.92 Å². The van der Waals surface area contributed by atoms with Crippen LogP contribution in [0.2, 0.25) is 0 Å². The van der Waals surface area contributed by atoms with E-state index in [0.29, 0.717) is 12.0 Å². The quantitative estimate of drug-likeness (QED) is 0.825. The molecule has 0 aliphatic heterocycles. The summed E-state index contributed by atoms with van der Waals surface area (Å²) in [6, 6.07) is 8.11. The summed E-state index contributed by atoms with van der Waals surface area (Å²) >= 11 is 0. The maximum absolute atomic E-state index is 11.6. The van der Waals surface area contributed by atoms with Gasteiger partial charge in [-0.2, -0.15) is 0 Å². The van der Waals surface area contributed by atoms with Crippen LogP contribution >= 0.6 is 0 Å². The molecule has 2 rings (SSSR count). The van der Waals surface area contributed by atoms with E-state index >= 15 is 0 Å². The Morgan fingerprint density at radius 2 is 2.21 bits per heavy atom. The zero-order chi connectivity index (χ0) is 13.8. The van der Waals surface area contributed by atoms with Crippen molar-refractivity contribution >= 4 is 12.0 Å². The van der Waals surface area contributed by atoms with Crippen LogP contribution in [0.15, 0.2) is 30.3 Å². The van der Waals surface area contributed by atoms with E-state index in [2.05, 4.69) is 12.2 Å². The van der Waals surface area contributed by atoms with Gasteiger partial charge in [-0.05, 0) is 50.0 Å². The fraction of sp³-hybridized carbons (Fsp3) is 0.438. The Labute approximate surface area is 114 Å². The Morgan fingerprint density at radius 1 is 1.47 bits per heavy atom. The molecule has 1 aliphatic carbocycles. The van der Waals surface area contributed by atoms with E-state index in [0.717, 1.165) is 17.7 Å². The van der Waals surface area contributed by atoms with Gasteiger partial charge in [0.1, 0.15) is 5.75 Å². The average Bonchev–Trinajstić information content (AvgIpc) is 3.02. The van der Waals surface area contributed by atoms with Crippen LogP contribution in [0.1, 0.15) is 32.8 Å². The van der Waals surface area contributed by atoms with Crippen molar-refractivity contribution in [2.75, 3.05) is 0 Å². The van der Waals surface area contributed by atoms with E-state index in [1.807, 2.05) is 44.2 Å². The van der Waals surface area contributed by atoms with Crippen LogP contribution < -0.4 is 10.1 Å². The van der Waals surface area contributed by atoms with Gasteiger partial charge in [0.05, 0.1) is 6.10 Å². The second-order valence-corrected chi connectivity index (χ2v) is 5.40. The Morgan fingerprint density at radius 3 is 2.84 bits per heavy atom. The van der Waals surface area contributed by atoms with Crippen LogP contribution in [0.5, 0.6) is 5.75 Å². The molecule has 19 heavy (non-hydrogen) atoms. The number of benzene rings is 1. The molecule has 0 radical (unpaired) electrons. The number of rotatable bonds is 5. The molecule has 0 bridgehead atoms. The minimum atomic E-state index is -0.0236. The molecule has 0 saturated heterocycles. The van der Waals surface area contributed by atoms with E-state index in [9.17, 15) is 4.79 Å². The largest absolute Gasteiger partial charge is 0.491 e. The number of nitrogens with one attached hydrogen (secondary N) is 1. The lowest BCUT2D eigenvalue weighted by Gasteiger charge is -2.09. The van der Waals surface area contributed by atoms with Crippen LogP contribution in [0.3, 0.4) is 0 Å². The molecule has 102 valence electrons. The van der Waals surface area contributed by atoms with Crippen molar-refractivity contribution in [3.63, 3.8) is 0 Å². The Kier molecular flexibility index (Phi) is 4.25. The topological polar surface area (TPSA) is 38.3 Å². The average molecular weight is 259 g/mol. The molecule has 0 spiro atoms. The number of hydrogen-bond donors (Lipinski definition) is 1. The lowest BCUT2D eigenvalue weighted by molar-refractivity contribution is -0.116. The monoisotopic (exact) mass is 259 g/mol. The molecular weight excluding hydrogens is 238 g/mol. The fourth-order valence-electron chi connectivity index (χ4n) is 1.89. The number of carbonyl (C=O) groups excluding carboxylic acids is 1. The zero-order valence-electron chi connectivity index (χ0n) is 11.7. The van der Waals surface area contributed by atoms with Gasteiger partial charge in [-0.25, -0.2) is 0 Å². The Balaban J connectivity index is 1.92. The normalized spacial score (nSPS) is 21.7. The third-order valence-electron chi connectivity index (χ3n) is 3.09. The molecule has 3 heteroatoms. The summed E-state index contributed by atoms with van der Waals surface area (Å²) in [7, 11) is 0. The number of amides is 1. The van der Waals surface area contributed by atoms with Crippen molar-refractivity contribution < 1.29 is 9.53 Å². The summed E-state index contributed by atoms with van der Waals surface area (Å²) in [5.74, 6) is 1.43. The zero-order valence-corrected chi connectivity index (χ0v) is 11.7. The van der Waals surface area contributed by atoms with Crippen molar-refractivity contribution in [1.82, 2.24) is 5.32 Å². The molecular formula is C16H21NO2. The van der Waals surface area contributed by atoms with Crippen molar-refractivity contribution in [3.05, 3.63) is 35.9 Å². The van der Waals surface area contributed by atoms with Crippen LogP contribution in [-0.4, -0.2) is 18.1 Å². The molecule has 2 unspecified atom stereocenters. The first kappa shape index (κ1) is 13.7. The van der Waals surface area contributed by atoms with Crippen LogP contribution in [0.4, 0.5) is 0 Å². The highest BCUT2D eigenvalue weighted by Crippen LogP contribution is 2.28. The third kappa shape index (κ3) is 4.43. The first-order chi connectivity index (χ1) is 9.04. The van der Waals surface area contributed by atoms with Crippen molar-refractivity contribution in [3.8, 4) is 5.75 Å². The van der Waals surface area contributed by atoms with Gasteiger partial charge in [0, 0.05) is 12.1 Å². The first-order valence-electron chi connectivity index (χ1n) is 6.80. The van der Waals surface area contributed by atoms with E-state index in [1.54, 1.807) is 6.08 Å². The van der Waals surface area contributed by atoms with Gasteiger partial charge < -0.3 is 10.1 Å². The van der Waals surface area contributed by atoms with Crippen molar-refractivity contribution in [1.29, 1.82) is 0 Å². The highest BCUT2D eigenvalue weighted by atomic mass is 16.5. The molecule has 1 saturated carbocycles. The molecule has 1 aromatic carbocycles. The molecule has 2 atom stereocenters. The number of ether oxygens (including phenoxy) is 1. The van der Waals surface area contributed by atoms with Crippen LogP contribution in [0.25, 0.3) is 6.08 Å². The van der Waals surface area contributed by atoms with Gasteiger partial charge in [-0.1, -0.05) is 19.1 Å². The molecule has 1 aliphatic rings. The van der Waals surface area contributed by atoms with E-state index < -0.39 is 0 Å². The van der Waals surface area contributed by atoms with Gasteiger partial charge >= 0.3 is 0 Å². The van der Waals surface area contributed by atoms with Crippen molar-refractivity contribution in [2.45, 2.75) is 39.3 Å². The molecule has 0 aromatic heterocycles. The third-order valence-corrected chi connectivity index (χ3v) is 3.09. The minimum absolute atomic E-state index is 0.0236. The maximum atomic E-state index is 11.6. The minimum Gasteiger partial charge on any atom is -0.491 e. The van der Waals surface area contributed by atoms with Gasteiger partial charge in [0.2, 0.25) is 5.91 Å². The van der Waals surface area contributed by atoms with E-state index in [-0.39, 0.29) is 12.0 Å². The molecule has 1 N–H and O–H groups in total. The second kappa shape index (κ2) is 5.91. The highest BCUT2D eigenvalue weighted by Gasteiger charge is 2.33. The van der Waals surface area contributed by atoms with E-state index in [1.165, 1.54) is 0 Å². The van der Waals surface area contributed by atoms with Gasteiger partial charge in [-0.3, -0.25) is 4.79 Å². The fourth-order valence-corrected chi connectivity index (χ4v) is 1.89. The summed E-state index contributed by atoms with van der Waals surface area (Å²) in [6.45, 7) is 6.13. The molecule has 3 nitrogen and oxygen atoms in total. The summed E-state index contributed by atoms with van der Waals surface area (Å²) in [5, 5.41) is 2.96. The summed E-state index contributed by atoms with van der Waals surface area (Å²) in [4.78, 5) is 11.6. The van der Waals surface area contributed by atoms with Gasteiger partial charge in [0.25, 0.3) is 0 Å². The molecule has 0 heterocycles. The second-order valence-electron chi connectivity index (χ2n) is 5.40. The lowest BCUT2D eigenvalue weighted by atomic mass is 10.2. The number of hydrogen-bond acceptors (Lipinski definition) is 2. The lowest BCUT2D eigenvalue weighted by Crippen LogP contribution is -2.24. The Hall–Kier alpha value is -1.77. The maximum Gasteiger partial charge on any atom is 0.244 e. The summed E-state index contributed by atoms with van der Waals surface area (Å²) in [5.41, 5.74) is 0.970. The predicted octanol–water partition coefficient (Wildman–Crippen LogP) is 3.01. The Bertz CT molecular complexity index is 479. The standard InChI is InChI=1S/C16H21NO2/c1-11(2)19-14-6-4-5-13(10-14)7-8-16(18)17-15-9-12(15)3/h4-8,10-12,15H,9H2,1-3H3,(H,17,18)/b8-7+. The first-order valence-corrected chi connectivity index (χ1v) is 6.80. The van der Waals surface area contributed by atoms with Crippen LogP contribution in [-0.2, 0) is 4.79 Å². The molecule has 1 fully saturated rings. The summed E-state index contributed by atoms with van der Waals surface area (Å²) in [6.07, 6.45) is 4.64. The highest BCUT2D eigenvalue weighted by molar-refractivity contribution is 5.92. The van der Waals surface area contributed by atoms with Gasteiger partial charge in [0.15, 0.2) is 0 Å².